The summed E-state index contributed by atoms with van der Waals surface area (Å²) in [6.45, 7) is 18.2. The van der Waals surface area contributed by atoms with Crippen LogP contribution >= 0.6 is 11.6 Å². The lowest BCUT2D eigenvalue weighted by atomic mass is 10.0. The minimum absolute atomic E-state index is 0.0463. The molecule has 2 fully saturated rings. The van der Waals surface area contributed by atoms with Crippen molar-refractivity contribution in [2.45, 2.75) is 105 Å². The molecular weight excluding hydrogens is 970 g/mol. The number of hydrogen-bond acceptors (Lipinski definition) is 19. The molecule has 2 aromatic carbocycles. The van der Waals surface area contributed by atoms with Gasteiger partial charge in [-0.2, -0.15) is 0 Å². The second-order valence-corrected chi connectivity index (χ2v) is 18.4. The lowest BCUT2D eigenvalue weighted by Gasteiger charge is -2.24. The van der Waals surface area contributed by atoms with E-state index in [0.29, 0.717) is 75.7 Å². The van der Waals surface area contributed by atoms with Crippen molar-refractivity contribution in [3.63, 3.8) is 0 Å². The number of amides is 1. The van der Waals surface area contributed by atoms with Crippen LogP contribution in [-0.2, 0) is 4.74 Å². The number of likely N-dealkylation sites (tertiary alicyclic amines) is 1. The van der Waals surface area contributed by atoms with E-state index < -0.39 is 12.2 Å². The maximum absolute atomic E-state index is 10.9. The summed E-state index contributed by atoms with van der Waals surface area (Å²) in [5, 5.41) is 47.4. The number of nitrogens with two attached hydrogens (primary N) is 1. The quantitative estimate of drug-likeness (QED) is 0.0459. The molecule has 1 saturated carbocycles. The van der Waals surface area contributed by atoms with Crippen LogP contribution < -0.4 is 31.2 Å². The van der Waals surface area contributed by atoms with Gasteiger partial charge in [0, 0.05) is 48.4 Å². The molecule has 21 heteroatoms. The number of aliphatic hydroxyl groups excluding tert-OH is 3. The zero-order valence-electron chi connectivity index (χ0n) is 44.6. The van der Waals surface area contributed by atoms with E-state index in [4.69, 9.17) is 50.8 Å². The predicted octanol–water partition coefficient (Wildman–Crippen LogP) is 7.80. The van der Waals surface area contributed by atoms with Gasteiger partial charge in [-0.3, -0.25) is 0 Å². The monoisotopic (exact) mass is 1040 g/mol. The molecular formula is C53H74ClN11O9. The van der Waals surface area contributed by atoms with Gasteiger partial charge in [0.25, 0.3) is 0 Å². The molecule has 402 valence electrons. The van der Waals surface area contributed by atoms with E-state index in [1.54, 1.807) is 37.2 Å². The molecule has 74 heavy (non-hydrogen) atoms. The van der Waals surface area contributed by atoms with Gasteiger partial charge in [0.05, 0.1) is 58.2 Å². The third kappa shape index (κ3) is 15.3. The van der Waals surface area contributed by atoms with Gasteiger partial charge in [-0.25, -0.2) is 24.7 Å². The van der Waals surface area contributed by atoms with E-state index in [0.717, 1.165) is 83.7 Å². The number of nitrogens with zero attached hydrogens (tertiary/aromatic N) is 7. The zero-order valence-corrected chi connectivity index (χ0v) is 45.3. The van der Waals surface area contributed by atoms with E-state index in [1.165, 1.54) is 13.5 Å². The number of methoxy groups -OCH3 is 1. The number of ether oxygens (including phenoxy) is 3. The molecule has 1 aliphatic heterocycles. The average molecular weight is 1040 g/mol. The summed E-state index contributed by atoms with van der Waals surface area (Å²) in [6, 6.07) is 12.6. The minimum atomic E-state index is -0.628. The number of aryl methyl sites for hydroxylation is 4. The molecule has 1 amide bonds. The summed E-state index contributed by atoms with van der Waals surface area (Å²) in [5.41, 5.74) is 13.3. The summed E-state index contributed by atoms with van der Waals surface area (Å²) in [4.78, 5) is 31.4. The molecule has 1 aliphatic carbocycles. The van der Waals surface area contributed by atoms with Crippen LogP contribution in [0, 0.1) is 41.5 Å². The number of aromatic nitrogens is 6. The second kappa shape index (κ2) is 27.8. The number of rotatable bonds is 17. The summed E-state index contributed by atoms with van der Waals surface area (Å²) in [7, 11) is 4.97. The van der Waals surface area contributed by atoms with Crippen LogP contribution in [0.25, 0.3) is 45.3 Å². The van der Waals surface area contributed by atoms with Gasteiger partial charge in [-0.05, 0) is 118 Å². The number of nitrogen functional groups attached to an aromatic ring is 1. The van der Waals surface area contributed by atoms with Crippen LogP contribution in [0.4, 0.5) is 16.4 Å². The van der Waals surface area contributed by atoms with Gasteiger partial charge in [-0.15, -0.1) is 0 Å². The van der Waals surface area contributed by atoms with Crippen molar-refractivity contribution in [2.24, 2.45) is 0 Å². The highest BCUT2D eigenvalue weighted by molar-refractivity contribution is 6.33. The number of likely N-dealkylation sites (N-methyl/N-ethyl adjacent to an activating group) is 2. The number of piperidine rings is 1. The molecule has 8 rings (SSSR count). The number of nitrogens with one attached hydrogen (secondary N) is 3. The van der Waals surface area contributed by atoms with Gasteiger partial charge in [-0.1, -0.05) is 47.9 Å². The summed E-state index contributed by atoms with van der Waals surface area (Å²) < 4.78 is 26.7. The summed E-state index contributed by atoms with van der Waals surface area (Å²) >= 11 is 6.41. The van der Waals surface area contributed by atoms with E-state index in [1.807, 2.05) is 79.7 Å². The fraction of sp³-hybridized carbons (Fsp3) is 0.491. The Labute approximate surface area is 438 Å². The molecule has 20 nitrogen and oxygen atoms in total. The van der Waals surface area contributed by atoms with Crippen LogP contribution in [0.1, 0.15) is 80.0 Å². The lowest BCUT2D eigenvalue weighted by Crippen LogP contribution is -2.35. The highest BCUT2D eigenvalue weighted by Gasteiger charge is 2.43. The fourth-order valence-corrected chi connectivity index (χ4v) is 8.15. The largest absolute Gasteiger partial charge is 0.491 e. The highest BCUT2D eigenvalue weighted by atomic mass is 35.5. The predicted molar refractivity (Wildman–Crippen MR) is 286 cm³/mol. The maximum atomic E-state index is 10.9. The molecule has 0 spiro atoms. The molecule has 4 aromatic heterocycles. The maximum Gasteiger partial charge on any atom is 0.409 e. The average Bonchev–Trinajstić information content (AvgIpc) is 4.00. The van der Waals surface area contributed by atoms with Gasteiger partial charge in [0.1, 0.15) is 60.1 Å². The van der Waals surface area contributed by atoms with Crippen molar-refractivity contribution in [2.75, 3.05) is 78.3 Å². The Bertz CT molecular complexity index is 2720. The van der Waals surface area contributed by atoms with Gasteiger partial charge >= 0.3 is 6.09 Å². The summed E-state index contributed by atoms with van der Waals surface area (Å²) in [5.74, 6) is 4.41. The number of carbonyl (C=O) groups is 1. The Kier molecular flexibility index (Phi) is 21.9. The van der Waals surface area contributed by atoms with Crippen LogP contribution in [0.3, 0.4) is 0 Å². The first-order valence-corrected chi connectivity index (χ1v) is 25.3. The number of aliphatic hydroxyl groups is 3. The minimum Gasteiger partial charge on any atom is -0.491 e. The third-order valence-corrected chi connectivity index (χ3v) is 12.6. The van der Waals surface area contributed by atoms with Gasteiger partial charge in [0.2, 0.25) is 0 Å². The van der Waals surface area contributed by atoms with Crippen molar-refractivity contribution in [3.05, 3.63) is 81.5 Å². The Morgan fingerprint density at radius 3 is 1.85 bits per heavy atom. The molecule has 2 aliphatic rings. The zero-order chi connectivity index (χ0) is 54.1. The fourth-order valence-electron chi connectivity index (χ4n) is 7.95. The number of hydrogen-bond donors (Lipinski definition) is 7. The molecule has 8 N–H and O–H groups in total. The van der Waals surface area contributed by atoms with Crippen molar-refractivity contribution >= 4 is 29.3 Å². The van der Waals surface area contributed by atoms with Gasteiger partial charge in [0.15, 0.2) is 11.6 Å². The Morgan fingerprint density at radius 1 is 0.784 bits per heavy atom. The first kappa shape index (κ1) is 58.5. The molecule has 2 unspecified atom stereocenters. The first-order chi connectivity index (χ1) is 35.5. The second-order valence-electron chi connectivity index (χ2n) is 18.0. The highest BCUT2D eigenvalue weighted by Crippen LogP contribution is 2.41. The van der Waals surface area contributed by atoms with Crippen molar-refractivity contribution < 1.29 is 43.4 Å². The number of benzene rings is 2. The Balaban J connectivity index is 0.000000226. The smallest absolute Gasteiger partial charge is 0.409 e. The lowest BCUT2D eigenvalue weighted by molar-refractivity contribution is 0.108. The van der Waals surface area contributed by atoms with Gasteiger partial charge < -0.3 is 65.2 Å². The molecule has 2 atom stereocenters. The molecule has 0 bridgehead atoms. The number of anilines is 2. The van der Waals surface area contributed by atoms with Crippen molar-refractivity contribution in [3.8, 4) is 56.8 Å². The molecule has 5 heterocycles. The topological polar surface area (TPSA) is 274 Å². The normalized spacial score (nSPS) is 14.2. The molecule has 0 radical (unpaired) electrons. The van der Waals surface area contributed by atoms with Crippen LogP contribution in [0.15, 0.2) is 51.5 Å². The summed E-state index contributed by atoms with van der Waals surface area (Å²) in [6.07, 6.45) is 3.85. The van der Waals surface area contributed by atoms with E-state index in [2.05, 4.69) is 36.0 Å². The third-order valence-electron chi connectivity index (χ3n) is 12.2. The standard InChI is InChI=1S/C24H31N5O4.C20H24ClN5O3.C7H13NO2.C2H6/c1-14-21(20-15(2)29-33-16(20)3)26-23(27-22(14)28-24(13-30)8-9-24)17-6-5-7-19(10-17)32-12-18(31)11-25-4;1-10-18(17-11(2)26-29-12(17)3)24-20(25-19(10)22)15-7-14(5-6-16(15)21)28-9-13(27)8-23-4;1-10-7(9)8-5-3-2-4-6-8;1-2/h5-7,10,18,25,30-31H,8-9,11-13H2,1-4H3,(H,26,27,28);5-7,13,23,27H,8-9H2,1-4H3,(H2,22,24,25);2-6H2,1H3;1-2H3. The SMILES string of the molecule is CC.CNCC(O)COc1ccc(Cl)c(-c2nc(N)c(C)c(-c3c(C)noc3C)n2)c1.CNCC(O)COc1cccc(-c2nc(NC3(CO)CC3)c(C)c(-c3c(C)noc3C)n2)c1.COC(=O)N1CCCCC1. The molecule has 1 saturated heterocycles. The first-order valence-electron chi connectivity index (χ1n) is 24.9. The van der Waals surface area contributed by atoms with E-state index in [-0.39, 0.29) is 31.5 Å². The van der Waals surface area contributed by atoms with E-state index in [9.17, 15) is 20.1 Å². The van der Waals surface area contributed by atoms with Crippen LogP contribution in [-0.4, -0.2) is 142 Å². The van der Waals surface area contributed by atoms with Crippen molar-refractivity contribution in [1.82, 2.24) is 45.8 Å². The molecule has 6 aromatic rings. The number of carbonyl (C=O) groups excluding carboxylic acids is 1. The van der Waals surface area contributed by atoms with Crippen molar-refractivity contribution in [1.29, 1.82) is 0 Å². The number of halogens is 1. The van der Waals surface area contributed by atoms with Crippen LogP contribution in [0.2, 0.25) is 5.02 Å². The Hall–Kier alpha value is -6.42. The Morgan fingerprint density at radius 2 is 1.34 bits per heavy atom. The van der Waals surface area contributed by atoms with E-state index >= 15 is 0 Å². The van der Waals surface area contributed by atoms with Crippen LogP contribution in [0.5, 0.6) is 11.5 Å².